The molecule has 0 aliphatic heterocycles. The van der Waals surface area contributed by atoms with Crippen LogP contribution in [0.25, 0.3) is 0 Å². The van der Waals surface area contributed by atoms with Crippen LogP contribution in [0.3, 0.4) is 0 Å². The molecule has 2 atom stereocenters. The van der Waals surface area contributed by atoms with Crippen LogP contribution in [0.2, 0.25) is 0 Å². The van der Waals surface area contributed by atoms with Crippen LogP contribution in [-0.4, -0.2) is 58.7 Å². The quantitative estimate of drug-likeness (QED) is 0.155. The predicted molar refractivity (Wildman–Crippen MR) is 60.9 cm³/mol. The standard InChI is InChI=1S/C8H20NO8P/c1-11-6-13-3-8(14-7-12-2)4-16-18(10)17-15-5-9/h8,10H,3-7,9H2,1-2H3. The minimum atomic E-state index is -2.16. The maximum Gasteiger partial charge on any atom is 0.360 e. The number of hydrogen-bond acceptors (Lipinski definition) is 9. The topological polar surface area (TPSA) is 111 Å². The van der Waals surface area contributed by atoms with Crippen LogP contribution in [0.1, 0.15) is 0 Å². The van der Waals surface area contributed by atoms with Gasteiger partial charge in [-0.05, 0) is 0 Å². The molecule has 0 aliphatic carbocycles. The minimum absolute atomic E-state index is 0.0449. The molecular weight excluding hydrogens is 269 g/mol. The van der Waals surface area contributed by atoms with Gasteiger partial charge >= 0.3 is 8.60 Å². The van der Waals surface area contributed by atoms with E-state index >= 15 is 0 Å². The first-order chi connectivity index (χ1) is 8.74. The van der Waals surface area contributed by atoms with E-state index in [9.17, 15) is 4.89 Å². The van der Waals surface area contributed by atoms with E-state index in [1.165, 1.54) is 14.2 Å². The van der Waals surface area contributed by atoms with Gasteiger partial charge < -0.3 is 34.1 Å². The van der Waals surface area contributed by atoms with Crippen molar-refractivity contribution >= 4 is 8.60 Å². The summed E-state index contributed by atoms with van der Waals surface area (Å²) >= 11 is 0. The maximum absolute atomic E-state index is 9.21. The molecule has 0 aliphatic rings. The highest BCUT2D eigenvalue weighted by Gasteiger charge is 2.15. The fraction of sp³-hybridized carbons (Fsp3) is 1.00. The Balaban J connectivity index is 3.75. The molecule has 0 aromatic carbocycles. The second-order valence-corrected chi connectivity index (χ2v) is 3.75. The highest BCUT2D eigenvalue weighted by Crippen LogP contribution is 2.32. The van der Waals surface area contributed by atoms with Crippen molar-refractivity contribution in [2.45, 2.75) is 6.10 Å². The first-order valence-corrected chi connectivity index (χ1v) is 6.16. The number of hydrogen-bond donors (Lipinski definition) is 2. The van der Waals surface area contributed by atoms with Gasteiger partial charge in [0.15, 0.2) is 0 Å². The average Bonchev–Trinajstić information content (AvgIpc) is 2.39. The van der Waals surface area contributed by atoms with E-state index < -0.39 is 14.7 Å². The highest BCUT2D eigenvalue weighted by molar-refractivity contribution is 7.40. The summed E-state index contributed by atoms with van der Waals surface area (Å²) in [5, 5.41) is 0. The van der Waals surface area contributed by atoms with Crippen molar-refractivity contribution in [2.24, 2.45) is 5.73 Å². The molecule has 0 amide bonds. The van der Waals surface area contributed by atoms with Gasteiger partial charge in [0.1, 0.15) is 26.4 Å². The van der Waals surface area contributed by atoms with Crippen LogP contribution in [0.4, 0.5) is 0 Å². The molecule has 0 fully saturated rings. The summed E-state index contributed by atoms with van der Waals surface area (Å²) < 4.78 is 29.2. The molecule has 0 aromatic rings. The predicted octanol–water partition coefficient (Wildman–Crippen LogP) is -0.304. The van der Waals surface area contributed by atoms with Crippen molar-refractivity contribution in [3.63, 3.8) is 0 Å². The van der Waals surface area contributed by atoms with E-state index in [2.05, 4.69) is 9.56 Å². The fourth-order valence-corrected chi connectivity index (χ4v) is 1.30. The first kappa shape index (κ1) is 18.1. The zero-order chi connectivity index (χ0) is 13.6. The lowest BCUT2D eigenvalue weighted by molar-refractivity contribution is -0.215. The van der Waals surface area contributed by atoms with Crippen molar-refractivity contribution < 1.29 is 37.9 Å². The van der Waals surface area contributed by atoms with Crippen molar-refractivity contribution in [3.8, 4) is 0 Å². The number of nitrogens with two attached hydrogens (primary N) is 1. The van der Waals surface area contributed by atoms with Crippen molar-refractivity contribution in [3.05, 3.63) is 0 Å². The van der Waals surface area contributed by atoms with E-state index in [-0.39, 0.29) is 33.5 Å². The number of ether oxygens (including phenoxy) is 4. The molecule has 0 heterocycles. The van der Waals surface area contributed by atoms with E-state index in [0.717, 1.165) is 0 Å². The Labute approximate surface area is 107 Å². The van der Waals surface area contributed by atoms with Crippen LogP contribution in [0.15, 0.2) is 0 Å². The van der Waals surface area contributed by atoms with Crippen LogP contribution < -0.4 is 5.73 Å². The molecule has 0 spiro atoms. The van der Waals surface area contributed by atoms with E-state index in [4.69, 9.17) is 29.2 Å². The summed E-state index contributed by atoms with van der Waals surface area (Å²) in [4.78, 5) is 13.5. The largest absolute Gasteiger partial charge is 0.360 e. The van der Waals surface area contributed by atoms with E-state index in [0.29, 0.717) is 0 Å². The van der Waals surface area contributed by atoms with Gasteiger partial charge in [0.25, 0.3) is 0 Å². The van der Waals surface area contributed by atoms with Crippen molar-refractivity contribution in [2.75, 3.05) is 47.8 Å². The third-order valence-corrected chi connectivity index (χ3v) is 2.08. The summed E-state index contributed by atoms with van der Waals surface area (Å²) in [5.74, 6) is 0. The van der Waals surface area contributed by atoms with Gasteiger partial charge in [0.2, 0.25) is 0 Å². The van der Waals surface area contributed by atoms with Gasteiger partial charge in [-0.2, -0.15) is 4.67 Å². The Morgan fingerprint density at radius 2 is 1.89 bits per heavy atom. The molecule has 0 radical (unpaired) electrons. The Hall–Kier alpha value is 0.0700. The van der Waals surface area contributed by atoms with Gasteiger partial charge in [0.05, 0.1) is 13.2 Å². The van der Waals surface area contributed by atoms with Crippen LogP contribution in [0.5, 0.6) is 0 Å². The molecule has 0 saturated heterocycles. The second-order valence-electron chi connectivity index (χ2n) is 2.87. The Morgan fingerprint density at radius 3 is 2.50 bits per heavy atom. The molecule has 0 saturated carbocycles. The molecule has 0 rings (SSSR count). The van der Waals surface area contributed by atoms with Crippen LogP contribution in [-0.2, 0) is 33.0 Å². The molecule has 18 heavy (non-hydrogen) atoms. The van der Waals surface area contributed by atoms with E-state index in [1.54, 1.807) is 0 Å². The molecule has 110 valence electrons. The maximum atomic E-state index is 9.21. The lowest BCUT2D eigenvalue weighted by Gasteiger charge is -2.18. The van der Waals surface area contributed by atoms with Crippen LogP contribution in [0, 0.1) is 0 Å². The monoisotopic (exact) mass is 289 g/mol. The fourth-order valence-electron chi connectivity index (χ4n) is 0.815. The number of rotatable bonds is 13. The summed E-state index contributed by atoms with van der Waals surface area (Å²) in [7, 11) is 0.835. The zero-order valence-corrected chi connectivity index (χ0v) is 11.3. The second kappa shape index (κ2) is 13.5. The van der Waals surface area contributed by atoms with Gasteiger partial charge in [-0.3, -0.25) is 0 Å². The molecule has 0 bridgehead atoms. The molecule has 9 nitrogen and oxygen atoms in total. The van der Waals surface area contributed by atoms with Crippen molar-refractivity contribution in [1.29, 1.82) is 0 Å². The zero-order valence-electron chi connectivity index (χ0n) is 10.4. The molecular formula is C8H20NO8P. The summed E-state index contributed by atoms with van der Waals surface area (Å²) in [6.07, 6.45) is -0.432. The third-order valence-electron chi connectivity index (χ3n) is 1.48. The molecule has 10 heteroatoms. The van der Waals surface area contributed by atoms with E-state index in [1.807, 2.05) is 0 Å². The van der Waals surface area contributed by atoms with Gasteiger partial charge in [0, 0.05) is 14.2 Å². The molecule has 2 unspecified atom stereocenters. The summed E-state index contributed by atoms with van der Waals surface area (Å²) in [5.41, 5.74) is 5.00. The lowest BCUT2D eigenvalue weighted by atomic mass is 10.4. The van der Waals surface area contributed by atoms with Crippen molar-refractivity contribution in [1.82, 2.24) is 0 Å². The molecule has 0 aromatic heterocycles. The number of methoxy groups -OCH3 is 2. The Morgan fingerprint density at radius 1 is 1.17 bits per heavy atom. The normalized spacial score (nSPS) is 14.7. The van der Waals surface area contributed by atoms with Gasteiger partial charge in [-0.15, -0.1) is 0 Å². The SMILES string of the molecule is COCOCC(COP(O)OOCN)OCOC. The van der Waals surface area contributed by atoms with Gasteiger partial charge in [-0.1, -0.05) is 0 Å². The first-order valence-electron chi connectivity index (χ1n) is 5.03. The van der Waals surface area contributed by atoms with Crippen LogP contribution >= 0.6 is 8.60 Å². The minimum Gasteiger partial charge on any atom is -0.359 e. The Kier molecular flexibility index (Phi) is 13.6. The Bertz CT molecular complexity index is 177. The average molecular weight is 289 g/mol. The smallest absolute Gasteiger partial charge is 0.359 e. The summed E-state index contributed by atoms with van der Waals surface area (Å²) in [6.45, 7) is 0.298. The summed E-state index contributed by atoms with van der Waals surface area (Å²) in [6, 6.07) is 0. The lowest BCUT2D eigenvalue weighted by Crippen LogP contribution is -2.26. The molecule has 3 N–H and O–H groups in total. The van der Waals surface area contributed by atoms with Gasteiger partial charge in [-0.25, -0.2) is 4.89 Å². The third kappa shape index (κ3) is 11.2. The highest BCUT2D eigenvalue weighted by atomic mass is 31.2.